The van der Waals surface area contributed by atoms with Crippen molar-refractivity contribution >= 4 is 185 Å². The van der Waals surface area contributed by atoms with Gasteiger partial charge in [0.25, 0.3) is 35.4 Å². The number of sulfone groups is 1. The van der Waals surface area contributed by atoms with Gasteiger partial charge in [0.05, 0.1) is 90.7 Å². The van der Waals surface area contributed by atoms with E-state index in [1.165, 1.54) is 7.11 Å². The Morgan fingerprint density at radius 2 is 0.884 bits per heavy atom. The van der Waals surface area contributed by atoms with Gasteiger partial charge in [-0.05, 0) is 82.0 Å². The molecule has 1 atom stereocenters. The number of nitrogens with one attached hydrogen (secondary N) is 8. The van der Waals surface area contributed by atoms with Gasteiger partial charge in [0.1, 0.15) is 12.3 Å². The van der Waals surface area contributed by atoms with Crippen LogP contribution in [-0.2, 0) is 32.5 Å². The lowest BCUT2D eigenvalue weighted by molar-refractivity contribution is -0.140. The molecule has 16 heterocycles. The number of imidazole rings is 2. The second kappa shape index (κ2) is 45.8. The zero-order valence-corrected chi connectivity index (χ0v) is 85.1. The summed E-state index contributed by atoms with van der Waals surface area (Å²) in [6.45, 7) is 17.5. The van der Waals surface area contributed by atoms with Gasteiger partial charge in [-0.3, -0.25) is 89.4 Å². The zero-order chi connectivity index (χ0) is 104. The average molecular weight is 2130 g/mol. The summed E-state index contributed by atoms with van der Waals surface area (Å²) in [6.07, 6.45) is 14.5. The Kier molecular flexibility index (Phi) is 33.4. The highest BCUT2D eigenvalue weighted by Crippen LogP contribution is 2.39. The number of guanidine groups is 4. The number of carbonyl (C=O) groups excluding carboxylic acids is 8. The van der Waals surface area contributed by atoms with Crippen molar-refractivity contribution < 1.29 is 56.2 Å². The maximum Gasteiger partial charge on any atom is 0.280 e. The predicted octanol–water partition coefficient (Wildman–Crippen LogP) is 0.581. The predicted molar refractivity (Wildman–Crippen MR) is 549 cm³/mol. The van der Waals surface area contributed by atoms with E-state index < -0.39 is 39.0 Å². The van der Waals surface area contributed by atoms with E-state index in [0.717, 1.165) is 51.1 Å². The van der Waals surface area contributed by atoms with Crippen LogP contribution in [0.15, 0.2) is 93.7 Å². The number of nitrogens with zero attached hydrogens (tertiary/aromatic N) is 23. The van der Waals surface area contributed by atoms with E-state index >= 15 is 0 Å². The Balaban J connectivity index is 0.000000147. The molecule has 1 unspecified atom stereocenters. The number of nitrogen functional groups attached to an aromatic ring is 8. The highest BCUT2D eigenvalue weighted by molar-refractivity contribution is 7.91. The fraction of sp³-hybridized carbons (Fsp3) is 0.483. The summed E-state index contributed by atoms with van der Waals surface area (Å²) in [5.74, 6) is -0.925. The molecule has 4 spiro atoms. The van der Waals surface area contributed by atoms with Crippen molar-refractivity contribution in [3.05, 3.63) is 139 Å². The van der Waals surface area contributed by atoms with Gasteiger partial charge in [-0.1, -0.05) is 102 Å². The van der Waals surface area contributed by atoms with E-state index in [0.29, 0.717) is 208 Å². The number of methoxy groups -OCH3 is 1. The Hall–Kier alpha value is -13.9. The van der Waals surface area contributed by atoms with Crippen LogP contribution in [0.3, 0.4) is 0 Å². The number of amides is 8. The van der Waals surface area contributed by atoms with Gasteiger partial charge in [-0.2, -0.15) is 0 Å². The number of anilines is 8. The van der Waals surface area contributed by atoms with Crippen LogP contribution in [-0.4, -0.2) is 358 Å². The number of ether oxygens (including phenoxy) is 2. The first-order chi connectivity index (χ1) is 69.6. The number of piperidine rings is 4. The van der Waals surface area contributed by atoms with Crippen molar-refractivity contribution in [2.75, 3.05) is 202 Å². The molecule has 8 aromatic rings. The molecule has 10 aliphatic rings. The van der Waals surface area contributed by atoms with Gasteiger partial charge < -0.3 is 110 Å². The van der Waals surface area contributed by atoms with E-state index in [1.807, 2.05) is 74.2 Å². The normalized spacial score (nSPS) is 18.7. The molecular formula is C89H116Cl5N39O12S. The zero-order valence-electron chi connectivity index (χ0n) is 80.5. The van der Waals surface area contributed by atoms with Crippen molar-refractivity contribution in [2.45, 2.75) is 113 Å². The molecule has 0 radical (unpaired) electrons. The Morgan fingerprint density at radius 3 is 1.28 bits per heavy atom. The first kappa shape index (κ1) is 106. The lowest BCUT2D eigenvalue weighted by Gasteiger charge is -2.43. The molecule has 24 N–H and O–H groups in total. The van der Waals surface area contributed by atoms with E-state index in [-0.39, 0.29) is 154 Å². The number of likely N-dealkylation sites (tertiary alicyclic amines) is 4. The van der Waals surface area contributed by atoms with Crippen molar-refractivity contribution in [1.82, 2.24) is 136 Å². The van der Waals surface area contributed by atoms with Crippen LogP contribution in [0.25, 0.3) is 0 Å². The second-order valence-electron chi connectivity index (χ2n) is 37.2. The summed E-state index contributed by atoms with van der Waals surface area (Å²) in [5.41, 5.74) is 45.3. The number of benzene rings is 2. The van der Waals surface area contributed by atoms with Crippen LogP contribution in [0.1, 0.15) is 140 Å². The smallest absolute Gasteiger partial charge is 0.280 e. The largest absolute Gasteiger partial charge is 0.493 e. The third kappa shape index (κ3) is 25.9. The summed E-state index contributed by atoms with van der Waals surface area (Å²) in [5, 5.41) is 23.7. The van der Waals surface area contributed by atoms with Crippen LogP contribution < -0.4 is 97.9 Å². The Labute approximate surface area is 864 Å². The van der Waals surface area contributed by atoms with E-state index in [4.69, 9.17) is 113 Å². The molecule has 6 aromatic heterocycles. The number of aliphatic imine (C=N–C) groups is 4. The minimum atomic E-state index is -3.02. The Bertz CT molecular complexity index is 6450. The molecule has 780 valence electrons. The highest BCUT2D eigenvalue weighted by Gasteiger charge is 2.47. The first-order valence-electron chi connectivity index (χ1n) is 47.1. The lowest BCUT2D eigenvalue weighted by atomic mass is 9.87. The minimum absolute atomic E-state index is 0.0286. The number of hydrogen-bond acceptors (Lipinski definition) is 41. The van der Waals surface area contributed by atoms with E-state index in [1.54, 1.807) is 47.0 Å². The molecule has 51 nitrogen and oxygen atoms in total. The summed E-state index contributed by atoms with van der Waals surface area (Å²) < 4.78 is 39.0. The molecule has 0 saturated carbocycles. The topological polar surface area (TPSA) is 704 Å². The molecule has 6 fully saturated rings. The molecule has 8 amide bonds. The van der Waals surface area contributed by atoms with E-state index in [2.05, 4.69) is 129 Å². The first-order valence-corrected chi connectivity index (χ1v) is 50.8. The Morgan fingerprint density at radius 1 is 0.479 bits per heavy atom. The second-order valence-corrected chi connectivity index (χ2v) is 41.4. The van der Waals surface area contributed by atoms with Gasteiger partial charge in [0.15, 0.2) is 135 Å². The van der Waals surface area contributed by atoms with Gasteiger partial charge in [-0.15, -0.1) is 0 Å². The number of rotatable bonds is 19. The molecule has 0 bridgehead atoms. The summed E-state index contributed by atoms with van der Waals surface area (Å²) >= 11 is 30.0. The number of aryl methyl sites for hydroxylation is 1. The number of piperazine rings is 1. The maximum atomic E-state index is 13.4. The van der Waals surface area contributed by atoms with Crippen LogP contribution in [0.4, 0.5) is 46.5 Å². The number of halogens is 5. The quantitative estimate of drug-likeness (QED) is 0.0526. The number of nitrogens with two attached hydrogens (primary N) is 8. The third-order valence-electron chi connectivity index (χ3n) is 26.8. The highest BCUT2D eigenvalue weighted by atomic mass is 35.5. The summed E-state index contributed by atoms with van der Waals surface area (Å²) in [4.78, 5) is 174. The molecule has 6 saturated heterocycles. The molecule has 0 aliphatic carbocycles. The van der Waals surface area contributed by atoms with Gasteiger partial charge in [0.2, 0.25) is 11.8 Å². The van der Waals surface area contributed by atoms with Crippen molar-refractivity contribution in [3.63, 3.8) is 0 Å². The van der Waals surface area contributed by atoms with Crippen molar-refractivity contribution in [2.24, 2.45) is 25.9 Å². The van der Waals surface area contributed by atoms with Crippen LogP contribution in [0.2, 0.25) is 25.6 Å². The lowest BCUT2D eigenvalue weighted by Crippen LogP contribution is -2.60. The molecule has 18 rings (SSSR count). The SMILES string of the molecule is CC(C)C(C(=O)N1CCC2(CC1)CN=C(NC(=O)c1nc(Cl)c(N)nc1N)N2)N1CCS(=O)(=O)CC1.COc1cc(C(=O)N2CCC3(CC2)CN=C(NC(=O)c2nc(Cl)c(N)nc2N)N3)cc(Cl)c1OCCN1CCN(C)CC1.Nc1nc(N)c(C(=O)NC2=NCC3(CCN(C(=O)CCn4ccnc4)CC3)N2)nc1Cl.Nc1nc(N)c(C(=O)NC2=NCC3(CCN(C(=O)c4cn(Cc5ccccc5)cn4)CC3)N2)nc1Cl. The number of aromatic nitrogens is 12. The maximum absolute atomic E-state index is 13.4. The van der Waals surface area contributed by atoms with Gasteiger partial charge in [-0.25, -0.2) is 58.3 Å². The summed E-state index contributed by atoms with van der Waals surface area (Å²) in [7, 11) is 0.629. The fourth-order valence-electron chi connectivity index (χ4n) is 18.3. The minimum Gasteiger partial charge on any atom is -0.493 e. The van der Waals surface area contributed by atoms with E-state index in [9.17, 15) is 46.8 Å². The molecule has 10 aliphatic heterocycles. The summed E-state index contributed by atoms with van der Waals surface area (Å²) in [6, 6.07) is 13.0. The van der Waals surface area contributed by atoms with Crippen LogP contribution >= 0.6 is 58.0 Å². The van der Waals surface area contributed by atoms with Gasteiger partial charge in [0, 0.05) is 142 Å². The number of carbonyl (C=O) groups is 8. The molecule has 57 heteroatoms. The third-order valence-corrected chi connectivity index (χ3v) is 29.8. The number of likely N-dealkylation sites (N-methyl/N-ethyl adjacent to an activating group) is 1. The molecule has 2 aromatic carbocycles. The molecule has 146 heavy (non-hydrogen) atoms. The fourth-order valence-corrected chi connectivity index (χ4v) is 20.3. The number of hydrogen-bond donors (Lipinski definition) is 16. The van der Waals surface area contributed by atoms with Crippen LogP contribution in [0.5, 0.6) is 11.5 Å². The van der Waals surface area contributed by atoms with Crippen LogP contribution in [0, 0.1) is 5.92 Å². The average Bonchev–Trinajstić information content (AvgIpc) is 1.60. The standard InChI is InChI=1S/C27H36Cl2N10O4.C23H25ClN10O2.C21H32ClN9O4S.C18H23ClN10O2/c1-37-7-9-38(10-8-37)11-12-43-20-17(28)13-16(14-18(20)42-2)25(41)39-5-3-27(4-6-39)15-32-26(36-27)35-24(40)19-22(30)34-23(31)21(29)33-19;24-17-19(26)30-18(25)16(29-17)20(35)31-22-27-12-23(32-22)6-8-34(9-7-23)21(36)15-11-33(13-28-15)10-14-4-2-1-3-5-14;1-12(2)14(30-7-9-36(34,35)10-8-30)19(33)31-5-3-21(4-6-31)11-25-20(29-21)28-18(32)13-16(23)27-17(24)15(22)26-13;19-13-15(21)25-14(20)12(24-13)16(31)26-17-23-9-18(27-17)2-6-29(7-3-18)11(30)1-5-28-8-4-22-10-28/h13-14H,3-12,15H2,1-2H3,(H4,30,31,34)(H2,32,35,36,40);1-5,11,13H,6-10,12H2,(H4,25,26,30)(H2,27,31,32,35);12,14H,3-11H2,1-2H3,(H4,23,24,27)(H2,25,28,29,32);4,8,10H,1-3,5-7,9H2,(H4,20,21,25)(H2,23,26,27,31). The van der Waals surface area contributed by atoms with Crippen molar-refractivity contribution in [3.8, 4) is 11.5 Å². The van der Waals surface area contributed by atoms with Gasteiger partial charge >= 0.3 is 0 Å². The monoisotopic (exact) mass is 2130 g/mol. The molecular weight excluding hydrogens is 2020 g/mol. The van der Waals surface area contributed by atoms with Crippen molar-refractivity contribution in [1.29, 1.82) is 0 Å².